The summed E-state index contributed by atoms with van der Waals surface area (Å²) < 4.78 is 14.9. The first-order valence-electron chi connectivity index (χ1n) is 5.83. The summed E-state index contributed by atoms with van der Waals surface area (Å²) >= 11 is 0. The number of nitrogens with one attached hydrogen (secondary N) is 1. The van der Waals surface area contributed by atoms with E-state index in [-0.39, 0.29) is 5.82 Å². The van der Waals surface area contributed by atoms with Crippen molar-refractivity contribution in [2.45, 2.75) is 12.3 Å². The fourth-order valence-electron chi connectivity index (χ4n) is 2.33. The van der Waals surface area contributed by atoms with Crippen LogP contribution in [0.1, 0.15) is 18.0 Å². The molecule has 0 saturated carbocycles. The van der Waals surface area contributed by atoms with Gasteiger partial charge >= 0.3 is 0 Å². The first-order valence-corrected chi connectivity index (χ1v) is 5.83. The van der Waals surface area contributed by atoms with Crippen molar-refractivity contribution in [2.75, 3.05) is 13.1 Å². The van der Waals surface area contributed by atoms with Crippen LogP contribution >= 0.6 is 0 Å². The van der Waals surface area contributed by atoms with Gasteiger partial charge in [0.05, 0.1) is 6.33 Å². The molecule has 1 aromatic heterocycles. The van der Waals surface area contributed by atoms with Crippen LogP contribution in [0, 0.1) is 5.82 Å². The van der Waals surface area contributed by atoms with Gasteiger partial charge in [-0.15, -0.1) is 0 Å². The molecule has 4 heteroatoms. The third-order valence-corrected chi connectivity index (χ3v) is 3.25. The van der Waals surface area contributed by atoms with Gasteiger partial charge in [-0.05, 0) is 37.2 Å². The van der Waals surface area contributed by atoms with E-state index in [0.29, 0.717) is 5.92 Å². The van der Waals surface area contributed by atoms with Crippen molar-refractivity contribution >= 4 is 0 Å². The second-order valence-corrected chi connectivity index (χ2v) is 4.35. The summed E-state index contributed by atoms with van der Waals surface area (Å²) in [5.74, 6) is 0.292. The van der Waals surface area contributed by atoms with Gasteiger partial charge < -0.3 is 9.88 Å². The third kappa shape index (κ3) is 1.96. The monoisotopic (exact) mass is 231 g/mol. The lowest BCUT2D eigenvalue weighted by Crippen LogP contribution is -2.10. The molecule has 3 nitrogen and oxygen atoms in total. The minimum absolute atomic E-state index is 0.210. The minimum Gasteiger partial charge on any atom is -0.316 e. The lowest BCUT2D eigenvalue weighted by Gasteiger charge is -2.12. The van der Waals surface area contributed by atoms with E-state index in [9.17, 15) is 4.39 Å². The number of halogens is 1. The topological polar surface area (TPSA) is 29.9 Å². The highest BCUT2D eigenvalue weighted by molar-refractivity contribution is 5.34. The molecular formula is C13H14FN3. The summed E-state index contributed by atoms with van der Waals surface area (Å²) in [6.07, 6.45) is 4.83. The third-order valence-electron chi connectivity index (χ3n) is 3.25. The van der Waals surface area contributed by atoms with Crippen LogP contribution in [0.25, 0.3) is 5.69 Å². The average Bonchev–Trinajstić information content (AvgIpc) is 3.00. The van der Waals surface area contributed by atoms with Gasteiger partial charge in [0.2, 0.25) is 0 Å². The van der Waals surface area contributed by atoms with Gasteiger partial charge in [0, 0.05) is 30.0 Å². The van der Waals surface area contributed by atoms with Crippen molar-refractivity contribution in [1.29, 1.82) is 0 Å². The molecule has 2 aromatic rings. The zero-order valence-corrected chi connectivity index (χ0v) is 9.44. The van der Waals surface area contributed by atoms with Crippen molar-refractivity contribution in [2.24, 2.45) is 0 Å². The van der Waals surface area contributed by atoms with Crippen LogP contribution in [0.15, 0.2) is 36.8 Å². The van der Waals surface area contributed by atoms with E-state index >= 15 is 0 Å². The molecule has 1 atom stereocenters. The largest absolute Gasteiger partial charge is 0.316 e. The van der Waals surface area contributed by atoms with Crippen molar-refractivity contribution in [3.05, 3.63) is 48.3 Å². The summed E-state index contributed by atoms with van der Waals surface area (Å²) in [4.78, 5) is 4.21. The average molecular weight is 231 g/mol. The molecule has 1 fully saturated rings. The Hall–Kier alpha value is -1.68. The molecule has 2 heterocycles. The molecule has 0 aliphatic carbocycles. The molecule has 1 N–H and O–H groups in total. The Balaban J connectivity index is 1.97. The molecular weight excluding hydrogens is 217 g/mol. The molecule has 0 amide bonds. The lowest BCUT2D eigenvalue weighted by atomic mass is 10.1. The first kappa shape index (κ1) is 10.5. The summed E-state index contributed by atoms with van der Waals surface area (Å²) in [6.45, 7) is 2.05. The van der Waals surface area contributed by atoms with E-state index in [1.54, 1.807) is 18.5 Å². The SMILES string of the molecule is Fc1ccc(-n2cncc2C2CCNC2)cc1. The number of benzene rings is 1. The zero-order chi connectivity index (χ0) is 11.7. The predicted octanol–water partition coefficient (Wildman–Crippen LogP) is 2.09. The second-order valence-electron chi connectivity index (χ2n) is 4.35. The van der Waals surface area contributed by atoms with E-state index in [0.717, 1.165) is 25.2 Å². The summed E-state index contributed by atoms with van der Waals surface area (Å²) in [5, 5.41) is 3.35. The van der Waals surface area contributed by atoms with Gasteiger partial charge in [-0.25, -0.2) is 9.37 Å². The maximum absolute atomic E-state index is 12.9. The van der Waals surface area contributed by atoms with Crippen LogP contribution in [0.4, 0.5) is 4.39 Å². The van der Waals surface area contributed by atoms with Crippen molar-refractivity contribution in [3.8, 4) is 5.69 Å². The molecule has 1 aromatic carbocycles. The molecule has 1 unspecified atom stereocenters. The summed E-state index contributed by atoms with van der Waals surface area (Å²) in [6, 6.07) is 6.52. The second kappa shape index (κ2) is 4.30. The number of imidazole rings is 1. The van der Waals surface area contributed by atoms with Gasteiger partial charge in [-0.2, -0.15) is 0 Å². The Kier molecular flexibility index (Phi) is 2.65. The standard InChI is InChI=1S/C13H14FN3/c14-11-1-3-12(4-2-11)17-9-16-8-13(17)10-5-6-15-7-10/h1-4,8-10,15H,5-7H2. The summed E-state index contributed by atoms with van der Waals surface area (Å²) in [5.41, 5.74) is 2.16. The first-order chi connectivity index (χ1) is 8.34. The van der Waals surface area contributed by atoms with Crippen LogP contribution < -0.4 is 5.32 Å². The minimum atomic E-state index is -0.210. The fourth-order valence-corrected chi connectivity index (χ4v) is 2.33. The van der Waals surface area contributed by atoms with Crippen molar-refractivity contribution < 1.29 is 4.39 Å². The molecule has 0 bridgehead atoms. The maximum atomic E-state index is 12.9. The Morgan fingerprint density at radius 2 is 2.12 bits per heavy atom. The van der Waals surface area contributed by atoms with Crippen LogP contribution in [-0.2, 0) is 0 Å². The fraction of sp³-hybridized carbons (Fsp3) is 0.308. The van der Waals surface area contributed by atoms with Gasteiger partial charge in [-0.3, -0.25) is 0 Å². The Labute approximate surface area is 99.3 Å². The normalized spacial score (nSPS) is 19.7. The van der Waals surface area contributed by atoms with E-state index < -0.39 is 0 Å². The van der Waals surface area contributed by atoms with Gasteiger partial charge in [0.25, 0.3) is 0 Å². The van der Waals surface area contributed by atoms with Crippen LogP contribution in [0.3, 0.4) is 0 Å². The highest BCUT2D eigenvalue weighted by atomic mass is 19.1. The van der Waals surface area contributed by atoms with Crippen molar-refractivity contribution in [1.82, 2.24) is 14.9 Å². The van der Waals surface area contributed by atoms with Crippen LogP contribution in [-0.4, -0.2) is 22.6 Å². The Morgan fingerprint density at radius 3 is 2.82 bits per heavy atom. The smallest absolute Gasteiger partial charge is 0.123 e. The molecule has 88 valence electrons. The molecule has 3 rings (SSSR count). The number of hydrogen-bond donors (Lipinski definition) is 1. The molecule has 1 aliphatic heterocycles. The van der Waals surface area contributed by atoms with E-state index in [4.69, 9.17) is 0 Å². The van der Waals surface area contributed by atoms with Crippen molar-refractivity contribution in [3.63, 3.8) is 0 Å². The Morgan fingerprint density at radius 1 is 1.29 bits per heavy atom. The maximum Gasteiger partial charge on any atom is 0.123 e. The van der Waals surface area contributed by atoms with Gasteiger partial charge in [-0.1, -0.05) is 0 Å². The predicted molar refractivity (Wildman–Crippen MR) is 63.7 cm³/mol. The molecule has 0 radical (unpaired) electrons. The van der Waals surface area contributed by atoms with E-state index in [1.165, 1.54) is 17.8 Å². The zero-order valence-electron chi connectivity index (χ0n) is 9.44. The number of rotatable bonds is 2. The number of hydrogen-bond acceptors (Lipinski definition) is 2. The van der Waals surface area contributed by atoms with E-state index in [2.05, 4.69) is 10.3 Å². The lowest BCUT2D eigenvalue weighted by molar-refractivity contribution is 0.627. The highest BCUT2D eigenvalue weighted by Crippen LogP contribution is 2.24. The quantitative estimate of drug-likeness (QED) is 0.857. The van der Waals surface area contributed by atoms with Gasteiger partial charge in [0.15, 0.2) is 0 Å². The molecule has 0 spiro atoms. The number of nitrogens with zero attached hydrogens (tertiary/aromatic N) is 2. The van der Waals surface area contributed by atoms with Crippen LogP contribution in [0.5, 0.6) is 0 Å². The molecule has 1 aliphatic rings. The number of aromatic nitrogens is 2. The summed E-state index contributed by atoms with van der Waals surface area (Å²) in [7, 11) is 0. The molecule has 1 saturated heterocycles. The van der Waals surface area contributed by atoms with Crippen LogP contribution in [0.2, 0.25) is 0 Å². The molecule has 17 heavy (non-hydrogen) atoms. The van der Waals surface area contributed by atoms with Gasteiger partial charge in [0.1, 0.15) is 5.82 Å². The van der Waals surface area contributed by atoms with E-state index in [1.807, 2.05) is 10.8 Å². The highest BCUT2D eigenvalue weighted by Gasteiger charge is 2.20. The Bertz CT molecular complexity index is 498.